The number of aliphatic carboxylic acids is 2. The molecule has 0 bridgehead atoms. The Morgan fingerprint density at radius 3 is 1.82 bits per heavy atom. The van der Waals surface area contributed by atoms with E-state index in [2.05, 4.69) is 23.7 Å². The summed E-state index contributed by atoms with van der Waals surface area (Å²) in [5.41, 5.74) is 13.1. The van der Waals surface area contributed by atoms with E-state index in [1.165, 1.54) is 0 Å². The van der Waals surface area contributed by atoms with Crippen LogP contribution in [0, 0.1) is 0 Å². The summed E-state index contributed by atoms with van der Waals surface area (Å²) in [5.74, 6) is -2.72. The van der Waals surface area contributed by atoms with Crippen LogP contribution in [-0.2, 0) is 14.4 Å². The van der Waals surface area contributed by atoms with Crippen molar-refractivity contribution in [3.63, 3.8) is 0 Å². The molecule has 0 radical (unpaired) electrons. The van der Waals surface area contributed by atoms with Gasteiger partial charge in [-0.05, 0) is 77.0 Å². The van der Waals surface area contributed by atoms with E-state index in [0.717, 1.165) is 38.8 Å². The lowest BCUT2D eigenvalue weighted by Crippen LogP contribution is -2.53. The van der Waals surface area contributed by atoms with E-state index in [1.807, 2.05) is 42.5 Å². The van der Waals surface area contributed by atoms with Crippen molar-refractivity contribution in [2.24, 2.45) is 5.73 Å². The third-order valence-corrected chi connectivity index (χ3v) is 6.22. The minimum absolute atomic E-state index is 0.0430. The maximum atomic E-state index is 11.7. The summed E-state index contributed by atoms with van der Waals surface area (Å²) in [4.78, 5) is 32.9. The van der Waals surface area contributed by atoms with E-state index >= 15 is 0 Å². The SMILES string of the molecule is CC/C=C\C[C@H](O)/C=C/C=C\C=C\[C@@H](O)C/C=C\C/C=C\CCC(=O)[O-].N[C@@H](CCCC[NH3+])C(=O)N[C@@H](CCCC[NH3+])C(=O)[O-]. The number of carbonyl (C=O) groups is 3. The number of carbonyl (C=O) groups excluding carboxylic acids is 3. The molecule has 11 heteroatoms. The summed E-state index contributed by atoms with van der Waals surface area (Å²) >= 11 is 0. The fraction of sp³-hybridized carbons (Fsp3) is 0.559. The molecule has 256 valence electrons. The van der Waals surface area contributed by atoms with Gasteiger partial charge in [-0.2, -0.15) is 0 Å². The summed E-state index contributed by atoms with van der Waals surface area (Å²) in [5, 5.41) is 43.0. The first kappa shape index (κ1) is 43.8. The van der Waals surface area contributed by atoms with E-state index < -0.39 is 42.1 Å². The standard InChI is InChI=1S/C22H32O4.C12H26N4O3/c1-2-3-10-15-20(23)17-12-8-9-13-18-21(24)16-11-6-4-5-7-14-19-22(25)26;13-7-3-1-5-9(15)11(17)16-10(12(18)19)6-2-4-8-14/h3,5-13,17-18,20-21,23-24H,2,4,14-16,19H2,1H3,(H,25,26);9-10H,1-8,13-15H2,(H,16,17)(H,18,19)/b7-5-,9-8-,10-3-,11-6-,17-12+,18-13+;/t20-,21-;9-,10-/m00/s1. The number of quaternary nitrogens is 2. The zero-order valence-corrected chi connectivity index (χ0v) is 27.1. The van der Waals surface area contributed by atoms with E-state index in [-0.39, 0.29) is 6.42 Å². The maximum Gasteiger partial charge on any atom is 0.237 e. The largest absolute Gasteiger partial charge is 0.550 e. The Bertz CT molecular complexity index is 945. The molecule has 0 fully saturated rings. The van der Waals surface area contributed by atoms with Crippen molar-refractivity contribution >= 4 is 17.8 Å². The van der Waals surface area contributed by atoms with Crippen LogP contribution in [0.25, 0.3) is 0 Å². The van der Waals surface area contributed by atoms with Crippen LogP contribution >= 0.6 is 0 Å². The van der Waals surface area contributed by atoms with Gasteiger partial charge in [0, 0.05) is 5.97 Å². The smallest absolute Gasteiger partial charge is 0.237 e. The van der Waals surface area contributed by atoms with E-state index in [9.17, 15) is 34.8 Å². The highest BCUT2D eigenvalue weighted by Crippen LogP contribution is 2.03. The average molecular weight is 635 g/mol. The molecule has 0 aromatic carbocycles. The number of aliphatic hydroxyl groups is 2. The van der Waals surface area contributed by atoms with Gasteiger partial charge in [-0.3, -0.25) is 4.79 Å². The predicted molar refractivity (Wildman–Crippen MR) is 173 cm³/mol. The maximum absolute atomic E-state index is 11.7. The fourth-order valence-electron chi connectivity index (χ4n) is 3.62. The van der Waals surface area contributed by atoms with Gasteiger partial charge in [0.05, 0.1) is 43.4 Å². The topological polar surface area (TPSA) is 231 Å². The molecule has 0 aromatic rings. The molecular formula is C34H58N4O7. The summed E-state index contributed by atoms with van der Waals surface area (Å²) in [6.45, 7) is 3.61. The molecule has 0 unspecified atom stereocenters. The zero-order valence-electron chi connectivity index (χ0n) is 27.1. The van der Waals surface area contributed by atoms with Crippen LogP contribution in [0.1, 0.15) is 84.0 Å². The lowest BCUT2D eigenvalue weighted by molar-refractivity contribution is -0.369. The van der Waals surface area contributed by atoms with Crippen molar-refractivity contribution in [2.45, 2.75) is 108 Å². The third kappa shape index (κ3) is 31.9. The first-order chi connectivity index (χ1) is 21.6. The summed E-state index contributed by atoms with van der Waals surface area (Å²) in [6, 6.07) is -1.63. The molecule has 11 N–H and O–H groups in total. The molecule has 0 aliphatic carbocycles. The summed E-state index contributed by atoms with van der Waals surface area (Å²) < 4.78 is 0. The second-order valence-electron chi connectivity index (χ2n) is 10.4. The molecule has 0 rings (SSSR count). The van der Waals surface area contributed by atoms with Gasteiger partial charge in [0.15, 0.2) is 0 Å². The van der Waals surface area contributed by atoms with Gasteiger partial charge in [0.2, 0.25) is 5.91 Å². The van der Waals surface area contributed by atoms with Gasteiger partial charge in [-0.15, -0.1) is 0 Å². The highest BCUT2D eigenvalue weighted by Gasteiger charge is 2.18. The number of hydrogen-bond acceptors (Lipinski definition) is 8. The predicted octanol–water partition coefficient (Wildman–Crippen LogP) is -0.471. The molecular weight excluding hydrogens is 576 g/mol. The van der Waals surface area contributed by atoms with Gasteiger partial charge < -0.3 is 52.5 Å². The number of amides is 1. The number of carboxylic acid groups (broad SMARTS) is 2. The van der Waals surface area contributed by atoms with Crippen LogP contribution < -0.4 is 32.7 Å². The molecule has 4 atom stereocenters. The Morgan fingerprint density at radius 1 is 0.778 bits per heavy atom. The van der Waals surface area contributed by atoms with Gasteiger partial charge >= 0.3 is 0 Å². The number of allylic oxidation sites excluding steroid dienone is 8. The van der Waals surface area contributed by atoms with Crippen LogP contribution in [0.3, 0.4) is 0 Å². The van der Waals surface area contributed by atoms with Crippen molar-refractivity contribution in [3.05, 3.63) is 72.9 Å². The molecule has 0 aliphatic rings. The van der Waals surface area contributed by atoms with Crippen molar-refractivity contribution in [1.29, 1.82) is 0 Å². The molecule has 0 heterocycles. The minimum atomic E-state index is -1.26. The molecule has 0 aliphatic heterocycles. The highest BCUT2D eigenvalue weighted by atomic mass is 16.4. The van der Waals surface area contributed by atoms with E-state index in [0.29, 0.717) is 44.9 Å². The van der Waals surface area contributed by atoms with Crippen molar-refractivity contribution in [2.75, 3.05) is 13.1 Å². The third-order valence-electron chi connectivity index (χ3n) is 6.22. The van der Waals surface area contributed by atoms with Crippen LogP contribution in [-0.4, -0.2) is 65.4 Å². The van der Waals surface area contributed by atoms with Crippen molar-refractivity contribution < 1.29 is 46.3 Å². The number of rotatable bonds is 25. The molecule has 11 nitrogen and oxygen atoms in total. The van der Waals surface area contributed by atoms with Crippen LogP contribution in [0.4, 0.5) is 0 Å². The Hall–Kier alpha value is -3.35. The van der Waals surface area contributed by atoms with Crippen LogP contribution in [0.5, 0.6) is 0 Å². The minimum Gasteiger partial charge on any atom is -0.550 e. The molecule has 0 aromatic heterocycles. The van der Waals surface area contributed by atoms with E-state index in [1.54, 1.807) is 30.4 Å². The molecule has 0 spiro atoms. The Morgan fingerprint density at radius 2 is 1.31 bits per heavy atom. The second kappa shape index (κ2) is 32.1. The van der Waals surface area contributed by atoms with Crippen LogP contribution in [0.15, 0.2) is 72.9 Å². The van der Waals surface area contributed by atoms with Crippen LogP contribution in [0.2, 0.25) is 0 Å². The molecule has 1 amide bonds. The van der Waals surface area contributed by atoms with Gasteiger partial charge in [0.1, 0.15) is 0 Å². The van der Waals surface area contributed by atoms with Crippen molar-refractivity contribution in [3.8, 4) is 0 Å². The summed E-state index contributed by atoms with van der Waals surface area (Å²) in [7, 11) is 0. The van der Waals surface area contributed by atoms with Gasteiger partial charge in [-0.1, -0.05) is 79.8 Å². The number of nitrogens with two attached hydrogens (primary N) is 1. The lowest BCUT2D eigenvalue weighted by atomic mass is 10.1. The fourth-order valence-corrected chi connectivity index (χ4v) is 3.62. The molecule has 0 saturated carbocycles. The second-order valence-corrected chi connectivity index (χ2v) is 10.4. The first-order valence-electron chi connectivity index (χ1n) is 16.0. The normalized spacial score (nSPS) is 14.8. The van der Waals surface area contributed by atoms with Crippen molar-refractivity contribution in [1.82, 2.24) is 5.32 Å². The Labute approximate surface area is 269 Å². The Balaban J connectivity index is 0. The quantitative estimate of drug-likeness (QED) is 0.0435. The monoisotopic (exact) mass is 634 g/mol. The molecule has 0 saturated heterocycles. The summed E-state index contributed by atoms with van der Waals surface area (Å²) in [6.07, 6.45) is 28.6. The number of nitrogens with one attached hydrogen (secondary N) is 1. The highest BCUT2D eigenvalue weighted by molar-refractivity contribution is 5.86. The zero-order chi connectivity index (χ0) is 34.1. The number of unbranched alkanes of at least 4 members (excludes halogenated alkanes) is 2. The Kier molecular flexibility index (Phi) is 31.2. The first-order valence-corrected chi connectivity index (χ1v) is 16.0. The number of aliphatic hydroxyl groups excluding tert-OH is 2. The van der Waals surface area contributed by atoms with Gasteiger partial charge in [0.25, 0.3) is 0 Å². The lowest BCUT2D eigenvalue weighted by Gasteiger charge is -2.21. The van der Waals surface area contributed by atoms with Gasteiger partial charge in [-0.25, -0.2) is 0 Å². The number of carboxylic acids is 2. The average Bonchev–Trinajstić information content (AvgIpc) is 3.00. The molecule has 45 heavy (non-hydrogen) atoms. The van der Waals surface area contributed by atoms with E-state index in [4.69, 9.17) is 5.73 Å². The number of hydrogen-bond donors (Lipinski definition) is 6.